The Hall–Kier alpha value is -2.27. The Bertz CT molecular complexity index is 470. The van der Waals surface area contributed by atoms with Gasteiger partial charge in [0, 0.05) is 10.5 Å². The van der Waals surface area contributed by atoms with E-state index in [0.717, 1.165) is 6.42 Å². The number of amidine groups is 1. The zero-order valence-electron chi connectivity index (χ0n) is 9.95. The molecule has 1 unspecified atom stereocenters. The molecule has 6 nitrogen and oxygen atoms in total. The van der Waals surface area contributed by atoms with Crippen LogP contribution in [-0.2, 0) is 4.84 Å². The van der Waals surface area contributed by atoms with Gasteiger partial charge in [-0.25, -0.2) is 4.39 Å². The molecule has 0 radical (unpaired) electrons. The minimum absolute atomic E-state index is 0.151. The molecule has 0 spiro atoms. The maximum Gasteiger partial charge on any atom is 0.204 e. The van der Waals surface area contributed by atoms with E-state index in [4.69, 9.17) is 16.1 Å². The molecule has 0 saturated carbocycles. The Morgan fingerprint density at radius 1 is 1.61 bits per heavy atom. The fourth-order valence-electron chi connectivity index (χ4n) is 1.22. The highest BCUT2D eigenvalue weighted by Gasteiger charge is 2.08. The van der Waals surface area contributed by atoms with Crippen LogP contribution in [0.5, 0.6) is 0 Å². The lowest BCUT2D eigenvalue weighted by atomic mass is 10.1. The van der Waals surface area contributed by atoms with Gasteiger partial charge in [-0.15, -0.1) is 0 Å². The van der Waals surface area contributed by atoms with Gasteiger partial charge in [0.15, 0.2) is 5.84 Å². The van der Waals surface area contributed by atoms with Crippen molar-refractivity contribution in [2.24, 2.45) is 16.0 Å². The molecule has 18 heavy (non-hydrogen) atoms. The quantitative estimate of drug-likeness (QED) is 0.123. The van der Waals surface area contributed by atoms with Gasteiger partial charge < -0.3 is 10.6 Å². The van der Waals surface area contributed by atoms with Gasteiger partial charge in [-0.1, -0.05) is 35.4 Å². The summed E-state index contributed by atoms with van der Waals surface area (Å²) in [6.45, 7) is 2.41. The zero-order chi connectivity index (χ0) is 13.4. The highest BCUT2D eigenvalue weighted by Crippen LogP contribution is 2.19. The van der Waals surface area contributed by atoms with Crippen LogP contribution in [0.1, 0.15) is 30.8 Å². The summed E-state index contributed by atoms with van der Waals surface area (Å²) in [6, 6.07) is 6.24. The number of halogens is 1. The van der Waals surface area contributed by atoms with Gasteiger partial charge in [0.25, 0.3) is 0 Å². The molecule has 1 aromatic carbocycles. The summed E-state index contributed by atoms with van der Waals surface area (Å²) in [5.74, 6) is 0.151. The van der Waals surface area contributed by atoms with E-state index in [0.29, 0.717) is 12.2 Å². The first kappa shape index (κ1) is 13.8. The Labute approximate surface area is 104 Å². The largest absolute Gasteiger partial charge is 0.394 e. The molecule has 0 aliphatic heterocycles. The lowest BCUT2D eigenvalue weighted by Crippen LogP contribution is -2.14. The van der Waals surface area contributed by atoms with Crippen molar-refractivity contribution in [3.63, 3.8) is 0 Å². The maximum atomic E-state index is 13.4. The van der Waals surface area contributed by atoms with E-state index in [1.54, 1.807) is 12.1 Å². The molecule has 2 N–H and O–H groups in total. The first-order valence-electron chi connectivity index (χ1n) is 5.43. The molecular weight excluding hydrogens is 237 g/mol. The third kappa shape index (κ3) is 3.95. The molecule has 1 rings (SSSR count). The van der Waals surface area contributed by atoms with E-state index in [1.807, 2.05) is 6.92 Å². The van der Waals surface area contributed by atoms with Crippen LogP contribution in [0.25, 0.3) is 10.4 Å². The molecule has 0 aromatic heterocycles. The molecule has 0 aliphatic rings. The van der Waals surface area contributed by atoms with Crippen molar-refractivity contribution in [1.82, 2.24) is 0 Å². The number of hydrogen-bond donors (Lipinski definition) is 1. The average molecular weight is 251 g/mol. The summed E-state index contributed by atoms with van der Waals surface area (Å²) in [5, 5.41) is 6.67. The maximum absolute atomic E-state index is 13.4. The van der Waals surface area contributed by atoms with Crippen molar-refractivity contribution >= 4 is 5.84 Å². The van der Waals surface area contributed by atoms with Crippen LogP contribution in [0.2, 0.25) is 0 Å². The van der Waals surface area contributed by atoms with Crippen molar-refractivity contribution < 1.29 is 9.23 Å². The number of oxime groups is 1. The van der Waals surface area contributed by atoms with E-state index in [-0.39, 0.29) is 11.4 Å². The van der Waals surface area contributed by atoms with Crippen molar-refractivity contribution in [1.29, 1.82) is 0 Å². The van der Waals surface area contributed by atoms with Crippen molar-refractivity contribution in [3.05, 3.63) is 45.8 Å². The second-order valence-electron chi connectivity index (χ2n) is 3.48. The van der Waals surface area contributed by atoms with E-state index in [1.165, 1.54) is 12.1 Å². The number of alkyl halides is 1. The number of nitrogens with two attached hydrogens (primary N) is 1. The van der Waals surface area contributed by atoms with E-state index >= 15 is 0 Å². The first-order chi connectivity index (χ1) is 8.69. The molecule has 0 fully saturated rings. The van der Waals surface area contributed by atoms with Gasteiger partial charge in [-0.3, -0.25) is 0 Å². The SMILES string of the molecule is CCCO/N=C(\N)c1cccc(C(F)N=[N+]=[N-])c1. The van der Waals surface area contributed by atoms with Gasteiger partial charge in [-0.2, -0.15) is 0 Å². The van der Waals surface area contributed by atoms with Gasteiger partial charge >= 0.3 is 0 Å². The van der Waals surface area contributed by atoms with Gasteiger partial charge in [0.05, 0.1) is 0 Å². The van der Waals surface area contributed by atoms with Crippen LogP contribution in [0.15, 0.2) is 34.5 Å². The highest BCUT2D eigenvalue weighted by atomic mass is 19.1. The summed E-state index contributed by atoms with van der Waals surface area (Å²) < 4.78 is 13.4. The Kier molecular flexibility index (Phi) is 5.47. The Morgan fingerprint density at radius 2 is 2.39 bits per heavy atom. The number of azide groups is 1. The lowest BCUT2D eigenvalue weighted by Gasteiger charge is -2.05. The minimum Gasteiger partial charge on any atom is -0.394 e. The monoisotopic (exact) mass is 251 g/mol. The third-order valence-electron chi connectivity index (χ3n) is 2.07. The highest BCUT2D eigenvalue weighted by molar-refractivity contribution is 5.97. The minimum atomic E-state index is -1.74. The Balaban J connectivity index is 2.87. The molecule has 0 saturated heterocycles. The summed E-state index contributed by atoms with van der Waals surface area (Å²) >= 11 is 0. The van der Waals surface area contributed by atoms with Crippen LogP contribution in [0.3, 0.4) is 0 Å². The van der Waals surface area contributed by atoms with Gasteiger partial charge in [0.2, 0.25) is 6.30 Å². The predicted octanol–water partition coefficient (Wildman–Crippen LogP) is 3.01. The molecule has 0 aliphatic carbocycles. The summed E-state index contributed by atoms with van der Waals surface area (Å²) in [6.07, 6.45) is -0.917. The smallest absolute Gasteiger partial charge is 0.204 e. The number of nitrogens with zero attached hydrogens (tertiary/aromatic N) is 4. The first-order valence-corrected chi connectivity index (χ1v) is 5.43. The second kappa shape index (κ2) is 7.13. The van der Waals surface area contributed by atoms with Crippen LogP contribution in [-0.4, -0.2) is 12.4 Å². The number of benzene rings is 1. The van der Waals surface area contributed by atoms with Gasteiger partial charge in [0.1, 0.15) is 6.61 Å². The van der Waals surface area contributed by atoms with Crippen molar-refractivity contribution in [2.75, 3.05) is 6.61 Å². The van der Waals surface area contributed by atoms with E-state index in [2.05, 4.69) is 15.2 Å². The summed E-state index contributed by atoms with van der Waals surface area (Å²) in [5.41, 5.74) is 14.6. The molecule has 1 aromatic rings. The second-order valence-corrected chi connectivity index (χ2v) is 3.48. The molecule has 96 valence electrons. The molecular formula is C11H14FN5O. The molecule has 0 heterocycles. The van der Waals surface area contributed by atoms with Crippen LogP contribution < -0.4 is 5.73 Å². The van der Waals surface area contributed by atoms with Gasteiger partial charge in [-0.05, 0) is 23.6 Å². The lowest BCUT2D eigenvalue weighted by molar-refractivity contribution is 0.145. The molecule has 0 amide bonds. The summed E-state index contributed by atoms with van der Waals surface area (Å²) in [4.78, 5) is 7.35. The molecule has 1 atom stereocenters. The third-order valence-corrected chi connectivity index (χ3v) is 2.07. The topological polar surface area (TPSA) is 96.4 Å². The molecule has 0 bridgehead atoms. The fourth-order valence-corrected chi connectivity index (χ4v) is 1.22. The van der Waals surface area contributed by atoms with E-state index in [9.17, 15) is 4.39 Å². The summed E-state index contributed by atoms with van der Waals surface area (Å²) in [7, 11) is 0. The van der Waals surface area contributed by atoms with Crippen molar-refractivity contribution in [3.8, 4) is 0 Å². The van der Waals surface area contributed by atoms with E-state index < -0.39 is 6.30 Å². The number of rotatable bonds is 6. The average Bonchev–Trinajstić information content (AvgIpc) is 2.39. The molecule has 7 heteroatoms. The Morgan fingerprint density at radius 3 is 3.06 bits per heavy atom. The van der Waals surface area contributed by atoms with Crippen LogP contribution in [0.4, 0.5) is 4.39 Å². The standard InChI is InChI=1S/C11H14FN5O/c1-2-6-18-16-11(13)9-5-3-4-8(7-9)10(12)15-17-14/h3-5,7,10H,2,6H2,1H3,(H2,13,16). The van der Waals surface area contributed by atoms with Crippen LogP contribution in [0, 0.1) is 0 Å². The normalized spacial score (nSPS) is 12.7. The van der Waals surface area contributed by atoms with Crippen LogP contribution >= 0.6 is 0 Å². The number of hydrogen-bond acceptors (Lipinski definition) is 3. The zero-order valence-corrected chi connectivity index (χ0v) is 9.95. The fraction of sp³-hybridized carbons (Fsp3) is 0.364. The van der Waals surface area contributed by atoms with Crippen molar-refractivity contribution in [2.45, 2.75) is 19.6 Å². The predicted molar refractivity (Wildman–Crippen MR) is 66.4 cm³/mol.